The molecule has 2 aliphatic heterocycles. The molecule has 1 N–H and O–H groups in total. The highest BCUT2D eigenvalue weighted by atomic mass is 19.4. The zero-order chi connectivity index (χ0) is 18.2. The Kier molecular flexibility index (Phi) is 4.64. The topological polar surface area (TPSA) is 69.4 Å². The normalized spacial score (nSPS) is 30.3. The molecule has 0 amide bonds. The van der Waals surface area contributed by atoms with Gasteiger partial charge in [-0.15, -0.1) is 0 Å². The first kappa shape index (κ1) is 18.0. The van der Waals surface area contributed by atoms with E-state index in [1.807, 2.05) is 6.07 Å². The van der Waals surface area contributed by atoms with E-state index < -0.39 is 17.5 Å². The summed E-state index contributed by atoms with van der Waals surface area (Å²) in [4.78, 5) is 5.48. The summed E-state index contributed by atoms with van der Waals surface area (Å²) in [5.74, 6) is -0.201. The molecule has 2 fully saturated rings. The first-order valence-electron chi connectivity index (χ1n) is 8.29. The summed E-state index contributed by atoms with van der Waals surface area (Å²) in [7, 11) is 0. The summed E-state index contributed by atoms with van der Waals surface area (Å²) in [6.45, 7) is 3.04. The van der Waals surface area contributed by atoms with E-state index >= 15 is 0 Å². The van der Waals surface area contributed by atoms with Gasteiger partial charge in [0.2, 0.25) is 0 Å². The predicted octanol–water partition coefficient (Wildman–Crippen LogP) is 2.73. The number of hydrogen-bond acceptors (Lipinski definition) is 5. The van der Waals surface area contributed by atoms with Gasteiger partial charge < -0.3 is 14.7 Å². The largest absolute Gasteiger partial charge is 0.433 e. The van der Waals surface area contributed by atoms with Gasteiger partial charge in [0.15, 0.2) is 0 Å². The number of nitrogens with zero attached hydrogens (tertiary/aromatic N) is 3. The molecule has 3 atom stereocenters. The van der Waals surface area contributed by atoms with Crippen molar-refractivity contribution >= 4 is 5.82 Å². The molecule has 5 nitrogen and oxygen atoms in total. The fraction of sp³-hybridized carbons (Fsp3) is 0.647. The van der Waals surface area contributed by atoms with Gasteiger partial charge in [-0.25, -0.2) is 4.98 Å². The molecule has 3 heterocycles. The van der Waals surface area contributed by atoms with E-state index in [0.29, 0.717) is 32.6 Å². The van der Waals surface area contributed by atoms with Gasteiger partial charge in [-0.05, 0) is 38.3 Å². The molecule has 0 radical (unpaired) electrons. The standard InChI is InChI=1S/C17H20F3N3O2/c1-16(24)6-8-25-10-12(16)13-3-2-7-23(13)15-11(9-21)4-5-14(22-15)17(18,19)20/h4-5,12-13,24H,2-3,6-8,10H2,1H3/t12-,13+,16-/m0/s1. The lowest BCUT2D eigenvalue weighted by Crippen LogP contribution is -2.53. The van der Waals surface area contributed by atoms with Gasteiger partial charge in [0.05, 0.1) is 17.8 Å². The quantitative estimate of drug-likeness (QED) is 0.883. The Morgan fingerprint density at radius 2 is 2.20 bits per heavy atom. The fourth-order valence-corrected chi connectivity index (χ4v) is 3.77. The molecule has 0 spiro atoms. The molecule has 0 bridgehead atoms. The van der Waals surface area contributed by atoms with Crippen LogP contribution in [-0.4, -0.2) is 41.5 Å². The van der Waals surface area contributed by atoms with Crippen LogP contribution in [0.2, 0.25) is 0 Å². The number of pyridine rings is 1. The van der Waals surface area contributed by atoms with E-state index in [9.17, 15) is 23.5 Å². The van der Waals surface area contributed by atoms with Crippen LogP contribution in [0.25, 0.3) is 0 Å². The fourth-order valence-electron chi connectivity index (χ4n) is 3.77. The summed E-state index contributed by atoms with van der Waals surface area (Å²) >= 11 is 0. The highest BCUT2D eigenvalue weighted by Gasteiger charge is 2.45. The van der Waals surface area contributed by atoms with Crippen LogP contribution in [0.15, 0.2) is 12.1 Å². The number of alkyl halides is 3. The van der Waals surface area contributed by atoms with Crippen LogP contribution in [0.1, 0.15) is 37.4 Å². The van der Waals surface area contributed by atoms with E-state index in [4.69, 9.17) is 4.74 Å². The van der Waals surface area contributed by atoms with Gasteiger partial charge >= 0.3 is 6.18 Å². The van der Waals surface area contributed by atoms with Crippen LogP contribution >= 0.6 is 0 Å². The second-order valence-electron chi connectivity index (χ2n) is 6.87. The van der Waals surface area contributed by atoms with Crippen molar-refractivity contribution in [1.29, 1.82) is 5.26 Å². The smallest absolute Gasteiger partial charge is 0.390 e. The zero-order valence-corrected chi connectivity index (χ0v) is 13.9. The molecule has 1 aromatic rings. The van der Waals surface area contributed by atoms with Crippen molar-refractivity contribution in [3.05, 3.63) is 23.4 Å². The number of nitriles is 1. The highest BCUT2D eigenvalue weighted by Crippen LogP contribution is 2.39. The Hall–Kier alpha value is -1.85. The molecule has 136 valence electrons. The SMILES string of the molecule is C[C@]1(O)CCOC[C@H]1[C@H]1CCCN1c1nc(C(F)(F)F)ccc1C#N. The number of aliphatic hydroxyl groups is 1. The maximum absolute atomic E-state index is 13.0. The van der Waals surface area contributed by atoms with Crippen molar-refractivity contribution in [3.8, 4) is 6.07 Å². The number of halogens is 3. The molecule has 2 aliphatic rings. The van der Waals surface area contributed by atoms with E-state index in [0.717, 1.165) is 18.6 Å². The van der Waals surface area contributed by atoms with Gasteiger partial charge in [-0.2, -0.15) is 18.4 Å². The minimum absolute atomic E-state index is 0.0428. The molecule has 25 heavy (non-hydrogen) atoms. The average Bonchev–Trinajstić information content (AvgIpc) is 3.02. The maximum Gasteiger partial charge on any atom is 0.433 e. The Bertz CT molecular complexity index is 685. The molecule has 0 aliphatic carbocycles. The summed E-state index contributed by atoms with van der Waals surface area (Å²) in [6.07, 6.45) is -2.62. The Labute approximate surface area is 144 Å². The van der Waals surface area contributed by atoms with Crippen molar-refractivity contribution in [3.63, 3.8) is 0 Å². The van der Waals surface area contributed by atoms with Crippen molar-refractivity contribution in [2.75, 3.05) is 24.7 Å². The van der Waals surface area contributed by atoms with E-state index in [1.54, 1.807) is 11.8 Å². The Morgan fingerprint density at radius 1 is 1.44 bits per heavy atom. The third kappa shape index (κ3) is 3.44. The lowest BCUT2D eigenvalue weighted by atomic mass is 9.79. The number of hydrogen-bond donors (Lipinski definition) is 1. The second-order valence-corrected chi connectivity index (χ2v) is 6.87. The molecular formula is C17H20F3N3O2. The summed E-state index contributed by atoms with van der Waals surface area (Å²) in [5.41, 5.74) is -1.87. The summed E-state index contributed by atoms with van der Waals surface area (Å²) in [5, 5.41) is 20.0. The molecule has 0 aromatic carbocycles. The maximum atomic E-state index is 13.0. The number of anilines is 1. The lowest BCUT2D eigenvalue weighted by molar-refractivity contribution is -0.141. The van der Waals surface area contributed by atoms with Crippen molar-refractivity contribution in [2.24, 2.45) is 5.92 Å². The minimum atomic E-state index is -4.57. The lowest BCUT2D eigenvalue weighted by Gasteiger charge is -2.43. The average molecular weight is 355 g/mol. The van der Waals surface area contributed by atoms with Crippen LogP contribution in [0, 0.1) is 17.2 Å². The molecular weight excluding hydrogens is 335 g/mol. The van der Waals surface area contributed by atoms with Crippen molar-refractivity contribution < 1.29 is 23.0 Å². The molecule has 2 saturated heterocycles. The molecule has 0 saturated carbocycles. The van der Waals surface area contributed by atoms with Crippen LogP contribution in [0.5, 0.6) is 0 Å². The van der Waals surface area contributed by atoms with E-state index in [-0.39, 0.29) is 23.3 Å². The van der Waals surface area contributed by atoms with Crippen LogP contribution in [0.3, 0.4) is 0 Å². The minimum Gasteiger partial charge on any atom is -0.390 e. The van der Waals surface area contributed by atoms with Gasteiger partial charge in [-0.1, -0.05) is 0 Å². The third-order valence-electron chi connectivity index (χ3n) is 5.17. The van der Waals surface area contributed by atoms with Crippen molar-refractivity contribution in [1.82, 2.24) is 4.98 Å². The van der Waals surface area contributed by atoms with Crippen LogP contribution in [-0.2, 0) is 10.9 Å². The number of ether oxygens (including phenoxy) is 1. The van der Waals surface area contributed by atoms with Gasteiger partial charge in [-0.3, -0.25) is 0 Å². The number of aromatic nitrogens is 1. The molecule has 3 rings (SSSR count). The summed E-state index contributed by atoms with van der Waals surface area (Å²) < 4.78 is 44.6. The zero-order valence-electron chi connectivity index (χ0n) is 13.9. The third-order valence-corrected chi connectivity index (χ3v) is 5.17. The monoisotopic (exact) mass is 355 g/mol. The second kappa shape index (κ2) is 6.46. The Balaban J connectivity index is 1.98. The van der Waals surface area contributed by atoms with Crippen LogP contribution < -0.4 is 4.90 Å². The first-order chi connectivity index (χ1) is 11.7. The summed E-state index contributed by atoms with van der Waals surface area (Å²) in [6, 6.07) is 3.71. The van der Waals surface area contributed by atoms with E-state index in [2.05, 4.69) is 4.98 Å². The van der Waals surface area contributed by atoms with Gasteiger partial charge in [0.1, 0.15) is 17.6 Å². The first-order valence-corrected chi connectivity index (χ1v) is 8.29. The van der Waals surface area contributed by atoms with Crippen molar-refractivity contribution in [2.45, 2.75) is 44.0 Å². The van der Waals surface area contributed by atoms with Crippen LogP contribution in [0.4, 0.5) is 19.0 Å². The van der Waals surface area contributed by atoms with Gasteiger partial charge in [0.25, 0.3) is 0 Å². The Morgan fingerprint density at radius 3 is 2.84 bits per heavy atom. The highest BCUT2D eigenvalue weighted by molar-refractivity contribution is 5.56. The van der Waals surface area contributed by atoms with E-state index in [1.165, 1.54) is 0 Å². The molecule has 1 aromatic heterocycles. The molecule has 0 unspecified atom stereocenters. The van der Waals surface area contributed by atoms with Gasteiger partial charge in [0, 0.05) is 25.1 Å². The molecule has 8 heteroatoms. The number of rotatable bonds is 2. The predicted molar refractivity (Wildman–Crippen MR) is 83.9 cm³/mol.